The summed E-state index contributed by atoms with van der Waals surface area (Å²) in [5.74, 6) is -0.402. The number of nitrogens with one attached hydrogen (secondary N) is 2. The molecule has 4 rings (SSSR count). The highest BCUT2D eigenvalue weighted by Crippen LogP contribution is 2.31. The van der Waals surface area contributed by atoms with E-state index in [0.29, 0.717) is 43.4 Å². The lowest BCUT2D eigenvalue weighted by molar-refractivity contribution is -0.143. The Morgan fingerprint density at radius 1 is 1.13 bits per heavy atom. The second-order valence-corrected chi connectivity index (χ2v) is 7.96. The molecule has 2 aromatic heterocycles. The number of hydrogen-bond donors (Lipinski definition) is 3. The third-order valence-electron chi connectivity index (χ3n) is 5.55. The zero-order valence-corrected chi connectivity index (χ0v) is 17.6. The van der Waals surface area contributed by atoms with Gasteiger partial charge >= 0.3 is 5.97 Å². The van der Waals surface area contributed by atoms with Crippen LogP contribution in [-0.4, -0.2) is 63.0 Å². The van der Waals surface area contributed by atoms with E-state index in [1.807, 2.05) is 36.9 Å². The molecule has 9 heteroatoms. The molecule has 31 heavy (non-hydrogen) atoms. The van der Waals surface area contributed by atoms with E-state index in [2.05, 4.69) is 25.2 Å². The molecule has 0 radical (unpaired) electrons. The summed E-state index contributed by atoms with van der Waals surface area (Å²) in [4.78, 5) is 40.0. The number of H-pyrrole nitrogens is 1. The van der Waals surface area contributed by atoms with E-state index in [1.54, 1.807) is 24.7 Å². The van der Waals surface area contributed by atoms with E-state index in [9.17, 15) is 14.7 Å². The molecule has 9 nitrogen and oxygen atoms in total. The number of carboxylic acids is 1. The molecule has 1 saturated heterocycles. The molecular formula is C22H26N6O3. The molecule has 0 bridgehead atoms. The van der Waals surface area contributed by atoms with Crippen molar-refractivity contribution in [3.8, 4) is 0 Å². The number of nitrogens with zero attached hydrogens (tertiary/aromatic N) is 4. The van der Waals surface area contributed by atoms with E-state index in [1.165, 1.54) is 0 Å². The van der Waals surface area contributed by atoms with Crippen LogP contribution in [0.15, 0.2) is 42.9 Å². The van der Waals surface area contributed by atoms with Gasteiger partial charge in [0.2, 0.25) is 11.9 Å². The SMILES string of the molecule is CC(C)C(=O)Nc1ccc2c([C@H](C(=O)O)N3CCN(c4ncccn4)CC3)c[nH]c2c1. The van der Waals surface area contributed by atoms with Crippen molar-refractivity contribution < 1.29 is 14.7 Å². The zero-order valence-electron chi connectivity index (χ0n) is 17.6. The van der Waals surface area contributed by atoms with Crippen molar-refractivity contribution >= 4 is 34.4 Å². The van der Waals surface area contributed by atoms with Gasteiger partial charge in [0.1, 0.15) is 6.04 Å². The van der Waals surface area contributed by atoms with Crippen LogP contribution < -0.4 is 10.2 Å². The molecule has 1 amide bonds. The normalized spacial score (nSPS) is 15.9. The fourth-order valence-electron chi connectivity index (χ4n) is 3.86. The minimum absolute atomic E-state index is 0.0604. The van der Waals surface area contributed by atoms with E-state index in [0.717, 1.165) is 10.9 Å². The number of rotatable bonds is 6. The van der Waals surface area contributed by atoms with E-state index in [-0.39, 0.29) is 11.8 Å². The van der Waals surface area contributed by atoms with Crippen LogP contribution in [0.3, 0.4) is 0 Å². The zero-order chi connectivity index (χ0) is 22.0. The quantitative estimate of drug-likeness (QED) is 0.559. The highest BCUT2D eigenvalue weighted by Gasteiger charge is 2.32. The number of benzene rings is 1. The lowest BCUT2D eigenvalue weighted by Gasteiger charge is -2.37. The van der Waals surface area contributed by atoms with Crippen LogP contribution in [0.5, 0.6) is 0 Å². The number of aliphatic carboxylic acids is 1. The molecular weight excluding hydrogens is 396 g/mol. The monoisotopic (exact) mass is 422 g/mol. The smallest absolute Gasteiger partial charge is 0.325 e. The molecule has 3 N–H and O–H groups in total. The summed E-state index contributed by atoms with van der Waals surface area (Å²) in [5.41, 5.74) is 2.19. The number of fused-ring (bicyclic) bond motifs is 1. The van der Waals surface area contributed by atoms with E-state index < -0.39 is 12.0 Å². The lowest BCUT2D eigenvalue weighted by atomic mass is 10.0. The number of carboxylic acid groups (broad SMARTS) is 1. The third kappa shape index (κ3) is 4.36. The number of piperazine rings is 1. The Morgan fingerprint density at radius 3 is 2.48 bits per heavy atom. The number of carbonyl (C=O) groups excluding carboxylic acids is 1. The Hall–Kier alpha value is -3.46. The molecule has 1 aliphatic rings. The van der Waals surface area contributed by atoms with Crippen LogP contribution in [-0.2, 0) is 9.59 Å². The first-order valence-electron chi connectivity index (χ1n) is 10.3. The number of hydrogen-bond acceptors (Lipinski definition) is 6. The van der Waals surface area contributed by atoms with Gasteiger partial charge in [-0.3, -0.25) is 14.5 Å². The van der Waals surface area contributed by atoms with Gasteiger partial charge in [-0.25, -0.2) is 9.97 Å². The maximum absolute atomic E-state index is 12.2. The van der Waals surface area contributed by atoms with Gasteiger partial charge in [0.25, 0.3) is 0 Å². The summed E-state index contributed by atoms with van der Waals surface area (Å²) in [6.45, 7) is 6.15. The molecule has 3 aromatic rings. The standard InChI is InChI=1S/C22H26N6O3/c1-14(2)20(29)26-15-4-5-16-17(13-25-18(16)12-15)19(21(30)31)27-8-10-28(11-9-27)22-23-6-3-7-24-22/h3-7,12-14,19,25H,8-11H2,1-2H3,(H,26,29)(H,30,31)/t19-/m1/s1. The maximum atomic E-state index is 12.2. The molecule has 0 spiro atoms. The largest absolute Gasteiger partial charge is 0.480 e. The lowest BCUT2D eigenvalue weighted by Crippen LogP contribution is -2.49. The molecule has 1 fully saturated rings. The van der Waals surface area contributed by atoms with Gasteiger partial charge in [-0.1, -0.05) is 19.9 Å². The minimum Gasteiger partial charge on any atom is -0.480 e. The van der Waals surface area contributed by atoms with Gasteiger partial charge < -0.3 is 20.3 Å². The highest BCUT2D eigenvalue weighted by atomic mass is 16.4. The molecule has 162 valence electrons. The van der Waals surface area contributed by atoms with Gasteiger partial charge in [0, 0.05) is 72.8 Å². The first kappa shape index (κ1) is 20.8. The Bertz CT molecular complexity index is 1070. The molecule has 1 aliphatic heterocycles. The second kappa shape index (κ2) is 8.73. The Morgan fingerprint density at radius 2 is 1.84 bits per heavy atom. The van der Waals surface area contributed by atoms with Crippen LogP contribution in [0, 0.1) is 5.92 Å². The molecule has 1 atom stereocenters. The van der Waals surface area contributed by atoms with Crippen LogP contribution in [0.2, 0.25) is 0 Å². The summed E-state index contributed by atoms with van der Waals surface area (Å²) in [5, 5.41) is 13.7. The predicted octanol–water partition coefficient (Wildman–Crippen LogP) is 2.50. The molecule has 0 saturated carbocycles. The summed E-state index contributed by atoms with van der Waals surface area (Å²) in [6.07, 6.45) is 5.17. The first-order valence-corrected chi connectivity index (χ1v) is 10.3. The van der Waals surface area contributed by atoms with E-state index in [4.69, 9.17) is 0 Å². The van der Waals surface area contributed by atoms with Crippen molar-refractivity contribution in [3.63, 3.8) is 0 Å². The van der Waals surface area contributed by atoms with Crippen molar-refractivity contribution in [2.75, 3.05) is 36.4 Å². The Kier molecular flexibility index (Phi) is 5.85. The van der Waals surface area contributed by atoms with Crippen LogP contribution in [0.4, 0.5) is 11.6 Å². The van der Waals surface area contributed by atoms with Gasteiger partial charge in [-0.05, 0) is 18.2 Å². The minimum atomic E-state index is -0.887. The Labute approximate surface area is 180 Å². The van der Waals surface area contributed by atoms with Gasteiger partial charge in [-0.2, -0.15) is 0 Å². The molecule has 1 aromatic carbocycles. The molecule has 3 heterocycles. The van der Waals surface area contributed by atoms with Crippen molar-refractivity contribution in [2.45, 2.75) is 19.9 Å². The first-order chi connectivity index (χ1) is 14.9. The van der Waals surface area contributed by atoms with Crippen LogP contribution in [0.1, 0.15) is 25.5 Å². The summed E-state index contributed by atoms with van der Waals surface area (Å²) in [7, 11) is 0. The fraction of sp³-hybridized carbons (Fsp3) is 0.364. The highest BCUT2D eigenvalue weighted by molar-refractivity contribution is 5.96. The fourth-order valence-corrected chi connectivity index (χ4v) is 3.86. The predicted molar refractivity (Wildman–Crippen MR) is 118 cm³/mol. The number of carbonyl (C=O) groups is 2. The van der Waals surface area contributed by atoms with Crippen LogP contribution >= 0.6 is 0 Å². The number of aromatic amines is 1. The topological polar surface area (TPSA) is 114 Å². The molecule has 0 aliphatic carbocycles. The second-order valence-electron chi connectivity index (χ2n) is 7.96. The molecule has 0 unspecified atom stereocenters. The summed E-state index contributed by atoms with van der Waals surface area (Å²) < 4.78 is 0. The number of amides is 1. The van der Waals surface area contributed by atoms with Crippen molar-refractivity contribution in [3.05, 3.63) is 48.4 Å². The van der Waals surface area contributed by atoms with Crippen molar-refractivity contribution in [2.24, 2.45) is 5.92 Å². The maximum Gasteiger partial charge on any atom is 0.325 e. The number of aromatic nitrogens is 3. The Balaban J connectivity index is 1.53. The average molecular weight is 422 g/mol. The van der Waals surface area contributed by atoms with Crippen molar-refractivity contribution in [1.82, 2.24) is 19.9 Å². The van der Waals surface area contributed by atoms with Gasteiger partial charge in [-0.15, -0.1) is 0 Å². The number of anilines is 2. The summed E-state index contributed by atoms with van der Waals surface area (Å²) >= 11 is 0. The van der Waals surface area contributed by atoms with Gasteiger partial charge in [0.05, 0.1) is 0 Å². The third-order valence-corrected chi connectivity index (χ3v) is 5.55. The van der Waals surface area contributed by atoms with Crippen LogP contribution in [0.25, 0.3) is 10.9 Å². The average Bonchev–Trinajstić information content (AvgIpc) is 3.17. The summed E-state index contributed by atoms with van der Waals surface area (Å²) in [6, 6.07) is 6.52. The van der Waals surface area contributed by atoms with Crippen molar-refractivity contribution in [1.29, 1.82) is 0 Å². The van der Waals surface area contributed by atoms with Gasteiger partial charge in [0.15, 0.2) is 0 Å². The van der Waals surface area contributed by atoms with E-state index >= 15 is 0 Å².